The molecule has 1 unspecified atom stereocenters. The van der Waals surface area contributed by atoms with Crippen LogP contribution in [0.1, 0.15) is 33.3 Å². The zero-order chi connectivity index (χ0) is 28.9. The van der Waals surface area contributed by atoms with Crippen LogP contribution in [0.2, 0.25) is 0 Å². The number of ether oxygens (including phenoxy) is 2. The van der Waals surface area contributed by atoms with Crippen LogP contribution in [-0.4, -0.2) is 84.4 Å². The number of likely N-dealkylation sites (N-methyl/N-ethyl adjacent to an activating group) is 1. The lowest BCUT2D eigenvalue weighted by molar-refractivity contribution is -0.143. The molecule has 1 atom stereocenters. The summed E-state index contributed by atoms with van der Waals surface area (Å²) in [5.41, 5.74) is 3.27. The number of benzene rings is 2. The molecular formula is C30H34N6O5. The Hall–Kier alpha value is -4.48. The first-order valence-corrected chi connectivity index (χ1v) is 13.5. The molecule has 0 bridgehead atoms. The second-order valence-electron chi connectivity index (χ2n) is 10.1. The van der Waals surface area contributed by atoms with Crippen molar-refractivity contribution in [3.63, 3.8) is 0 Å². The van der Waals surface area contributed by atoms with Gasteiger partial charge in [0.25, 0.3) is 11.8 Å². The number of amides is 2. The van der Waals surface area contributed by atoms with Gasteiger partial charge in [0.05, 0.1) is 18.8 Å². The molecule has 0 aliphatic carbocycles. The Morgan fingerprint density at radius 2 is 1.73 bits per heavy atom. The van der Waals surface area contributed by atoms with Gasteiger partial charge in [-0.05, 0) is 36.9 Å². The lowest BCUT2D eigenvalue weighted by Gasteiger charge is -2.34. The summed E-state index contributed by atoms with van der Waals surface area (Å²) in [5, 5.41) is 7.20. The van der Waals surface area contributed by atoms with Crippen LogP contribution in [0.3, 0.4) is 0 Å². The number of carbonyl (C=O) groups excluding carboxylic acids is 3. The zero-order valence-corrected chi connectivity index (χ0v) is 23.3. The minimum atomic E-state index is -0.814. The molecule has 11 heteroatoms. The second kappa shape index (κ2) is 12.4. The largest absolute Gasteiger partial charge is 0.444 e. The van der Waals surface area contributed by atoms with Gasteiger partial charge in [0.1, 0.15) is 6.61 Å². The van der Waals surface area contributed by atoms with Crippen LogP contribution in [0.4, 0.5) is 16.3 Å². The molecule has 1 aromatic heterocycles. The Bertz CT molecular complexity index is 1410. The third-order valence-corrected chi connectivity index (χ3v) is 7.38. The Balaban J connectivity index is 1.35. The van der Waals surface area contributed by atoms with E-state index in [0.717, 1.165) is 42.1 Å². The number of anilines is 2. The smallest absolute Gasteiger partial charge is 0.435 e. The number of fused-ring (bicyclic) bond motifs is 1. The number of hydrogen-bond donors (Lipinski definition) is 1. The van der Waals surface area contributed by atoms with Crippen molar-refractivity contribution >= 4 is 29.4 Å². The zero-order valence-electron chi connectivity index (χ0n) is 23.3. The molecule has 1 saturated heterocycles. The van der Waals surface area contributed by atoms with Crippen molar-refractivity contribution in [1.82, 2.24) is 19.6 Å². The first kappa shape index (κ1) is 28.1. The van der Waals surface area contributed by atoms with Crippen molar-refractivity contribution in [2.75, 3.05) is 57.2 Å². The Labute approximate surface area is 238 Å². The van der Waals surface area contributed by atoms with Crippen LogP contribution < -0.4 is 10.2 Å². The van der Waals surface area contributed by atoms with Crippen LogP contribution in [0.15, 0.2) is 67.3 Å². The summed E-state index contributed by atoms with van der Waals surface area (Å²) in [6.45, 7) is 7.65. The summed E-state index contributed by atoms with van der Waals surface area (Å²) in [6.07, 6.45) is -0.0836. The molecule has 3 heterocycles. The summed E-state index contributed by atoms with van der Waals surface area (Å²) < 4.78 is 11.8. The number of hydrogen-bond acceptors (Lipinski definition) is 8. The van der Waals surface area contributed by atoms with E-state index in [-0.39, 0.29) is 37.3 Å². The van der Waals surface area contributed by atoms with E-state index < -0.39 is 12.2 Å². The fraction of sp³-hybridized carbons (Fsp3) is 0.333. The molecule has 2 aromatic carbocycles. The van der Waals surface area contributed by atoms with Crippen molar-refractivity contribution < 1.29 is 23.9 Å². The fourth-order valence-electron chi connectivity index (χ4n) is 5.08. The molecule has 2 aliphatic heterocycles. The van der Waals surface area contributed by atoms with Gasteiger partial charge in [0.2, 0.25) is 0 Å². The first-order chi connectivity index (χ1) is 19.9. The topological polar surface area (TPSA) is 109 Å². The minimum absolute atomic E-state index is 0.00276. The van der Waals surface area contributed by atoms with E-state index in [0.29, 0.717) is 16.8 Å². The van der Waals surface area contributed by atoms with E-state index in [1.807, 2.05) is 42.5 Å². The first-order valence-electron chi connectivity index (χ1n) is 13.5. The number of piperazine rings is 1. The molecule has 0 spiro atoms. The third kappa shape index (κ3) is 6.01. The normalized spacial score (nSPS) is 15.8. The standard InChI is InChI=1S/C30H34N6O5/c1-4-18-41-30(39)36-25-20-35(29(38)26(40-3)21-8-6-5-7-9-21)19-24(25)27(32-36)31-28(37)22-10-12-23(13-11-22)34-16-14-33(2)15-17-34/h4-13,26H,1,14-20H2,2-3H3,(H,31,32,37). The molecule has 2 amide bonds. The fourth-order valence-corrected chi connectivity index (χ4v) is 5.08. The van der Waals surface area contributed by atoms with Gasteiger partial charge in [0, 0.05) is 50.1 Å². The maximum Gasteiger partial charge on any atom is 0.435 e. The van der Waals surface area contributed by atoms with Gasteiger partial charge in [-0.1, -0.05) is 43.0 Å². The minimum Gasteiger partial charge on any atom is -0.444 e. The van der Waals surface area contributed by atoms with E-state index in [1.54, 1.807) is 17.0 Å². The van der Waals surface area contributed by atoms with Gasteiger partial charge in [-0.2, -0.15) is 4.68 Å². The second-order valence-corrected chi connectivity index (χ2v) is 10.1. The third-order valence-electron chi connectivity index (χ3n) is 7.38. The van der Waals surface area contributed by atoms with E-state index in [2.05, 4.69) is 33.8 Å². The van der Waals surface area contributed by atoms with Gasteiger partial charge in [-0.25, -0.2) is 4.79 Å². The van der Waals surface area contributed by atoms with Gasteiger partial charge >= 0.3 is 6.09 Å². The number of methoxy groups -OCH3 is 1. The average Bonchev–Trinajstić information content (AvgIpc) is 3.58. The van der Waals surface area contributed by atoms with Gasteiger partial charge in [-0.3, -0.25) is 9.59 Å². The van der Waals surface area contributed by atoms with E-state index in [9.17, 15) is 14.4 Å². The van der Waals surface area contributed by atoms with E-state index >= 15 is 0 Å². The monoisotopic (exact) mass is 558 g/mol. The molecule has 11 nitrogen and oxygen atoms in total. The van der Waals surface area contributed by atoms with E-state index in [4.69, 9.17) is 9.47 Å². The molecule has 1 N–H and O–H groups in total. The van der Waals surface area contributed by atoms with Crippen LogP contribution >= 0.6 is 0 Å². The quantitative estimate of drug-likeness (QED) is 0.420. The SMILES string of the molecule is C=CCOC(=O)n1nc(NC(=O)c2ccc(N3CCN(C)CC3)cc2)c2c1CN(C(=O)C(OC)c1ccccc1)C2. The maximum atomic E-state index is 13.5. The van der Waals surface area contributed by atoms with Crippen molar-refractivity contribution in [3.8, 4) is 0 Å². The number of rotatable bonds is 8. The number of carbonyl (C=O) groups is 3. The van der Waals surface area contributed by atoms with Crippen LogP contribution in [0.25, 0.3) is 0 Å². The summed E-state index contributed by atoms with van der Waals surface area (Å²) in [6, 6.07) is 16.6. The van der Waals surface area contributed by atoms with Gasteiger partial charge in [-0.15, -0.1) is 5.10 Å². The molecular weight excluding hydrogens is 524 g/mol. The predicted octanol–water partition coefficient (Wildman–Crippen LogP) is 3.29. The molecule has 214 valence electrons. The molecule has 0 radical (unpaired) electrons. The Morgan fingerprint density at radius 3 is 2.39 bits per heavy atom. The van der Waals surface area contributed by atoms with Crippen LogP contribution in [0, 0.1) is 0 Å². The average molecular weight is 559 g/mol. The molecule has 41 heavy (non-hydrogen) atoms. The van der Waals surface area contributed by atoms with Crippen molar-refractivity contribution in [2.45, 2.75) is 19.2 Å². The number of nitrogens with one attached hydrogen (secondary N) is 1. The van der Waals surface area contributed by atoms with Crippen LogP contribution in [-0.2, 0) is 27.4 Å². The van der Waals surface area contributed by atoms with Crippen LogP contribution in [0.5, 0.6) is 0 Å². The highest BCUT2D eigenvalue weighted by Gasteiger charge is 2.36. The predicted molar refractivity (Wildman–Crippen MR) is 154 cm³/mol. The summed E-state index contributed by atoms with van der Waals surface area (Å²) >= 11 is 0. The lowest BCUT2D eigenvalue weighted by atomic mass is 10.1. The van der Waals surface area contributed by atoms with E-state index in [1.165, 1.54) is 13.2 Å². The Kier molecular flexibility index (Phi) is 8.46. The molecule has 2 aliphatic rings. The van der Waals surface area contributed by atoms with Gasteiger partial charge < -0.3 is 29.5 Å². The van der Waals surface area contributed by atoms with Crippen molar-refractivity contribution in [3.05, 3.63) is 89.6 Å². The summed E-state index contributed by atoms with van der Waals surface area (Å²) in [7, 11) is 3.59. The number of aromatic nitrogens is 2. The maximum absolute atomic E-state index is 13.5. The highest BCUT2D eigenvalue weighted by molar-refractivity contribution is 6.04. The molecule has 1 fully saturated rings. The summed E-state index contributed by atoms with van der Waals surface area (Å²) in [5.74, 6) is -0.434. The molecule has 0 saturated carbocycles. The summed E-state index contributed by atoms with van der Waals surface area (Å²) in [4.78, 5) is 45.7. The Morgan fingerprint density at radius 1 is 1.02 bits per heavy atom. The van der Waals surface area contributed by atoms with Gasteiger partial charge in [0.15, 0.2) is 11.9 Å². The molecule has 5 rings (SSSR count). The van der Waals surface area contributed by atoms with Crippen molar-refractivity contribution in [1.29, 1.82) is 0 Å². The highest BCUT2D eigenvalue weighted by atomic mass is 16.6. The lowest BCUT2D eigenvalue weighted by Crippen LogP contribution is -2.44. The highest BCUT2D eigenvalue weighted by Crippen LogP contribution is 2.32. The van der Waals surface area contributed by atoms with Crippen molar-refractivity contribution in [2.24, 2.45) is 0 Å². The molecule has 3 aromatic rings. The number of nitrogens with zero attached hydrogens (tertiary/aromatic N) is 5.